The van der Waals surface area contributed by atoms with Crippen LogP contribution in [0.3, 0.4) is 0 Å². The van der Waals surface area contributed by atoms with Gasteiger partial charge in [-0.05, 0) is 13.3 Å². The van der Waals surface area contributed by atoms with Gasteiger partial charge in [-0.15, -0.1) is 0 Å². The summed E-state index contributed by atoms with van der Waals surface area (Å²) in [6.45, 7) is 4.23. The SMILES string of the molecule is CCOCCOc1nc(N[C@@H]2CCN(C(=O)O)C2)ncc1Cl. The van der Waals surface area contributed by atoms with Gasteiger partial charge in [0.25, 0.3) is 0 Å². The summed E-state index contributed by atoms with van der Waals surface area (Å²) in [5.74, 6) is 0.653. The van der Waals surface area contributed by atoms with E-state index in [1.165, 1.54) is 11.1 Å². The lowest BCUT2D eigenvalue weighted by molar-refractivity contribution is 0.108. The highest BCUT2D eigenvalue weighted by Crippen LogP contribution is 2.23. The van der Waals surface area contributed by atoms with Gasteiger partial charge in [-0.25, -0.2) is 9.78 Å². The van der Waals surface area contributed by atoms with Crippen LogP contribution in [-0.2, 0) is 4.74 Å². The van der Waals surface area contributed by atoms with Crippen LogP contribution in [0, 0.1) is 0 Å². The van der Waals surface area contributed by atoms with Crippen molar-refractivity contribution in [2.75, 3.05) is 38.2 Å². The van der Waals surface area contributed by atoms with Gasteiger partial charge >= 0.3 is 6.09 Å². The zero-order valence-corrected chi connectivity index (χ0v) is 13.0. The first-order valence-electron chi connectivity index (χ1n) is 7.07. The molecule has 2 N–H and O–H groups in total. The van der Waals surface area contributed by atoms with Gasteiger partial charge in [0.1, 0.15) is 11.6 Å². The maximum absolute atomic E-state index is 10.9. The van der Waals surface area contributed by atoms with Crippen molar-refractivity contribution in [2.45, 2.75) is 19.4 Å². The van der Waals surface area contributed by atoms with E-state index >= 15 is 0 Å². The van der Waals surface area contributed by atoms with Crippen LogP contribution < -0.4 is 10.1 Å². The van der Waals surface area contributed by atoms with E-state index in [4.69, 9.17) is 26.2 Å². The normalized spacial score (nSPS) is 17.5. The lowest BCUT2D eigenvalue weighted by atomic mass is 10.3. The Hall–Kier alpha value is -1.80. The molecule has 0 bridgehead atoms. The lowest BCUT2D eigenvalue weighted by Crippen LogP contribution is -2.30. The highest BCUT2D eigenvalue weighted by Gasteiger charge is 2.26. The second-order valence-corrected chi connectivity index (χ2v) is 5.16. The van der Waals surface area contributed by atoms with E-state index in [0.717, 1.165) is 0 Å². The predicted molar refractivity (Wildman–Crippen MR) is 80.7 cm³/mol. The summed E-state index contributed by atoms with van der Waals surface area (Å²) in [6.07, 6.45) is 1.25. The summed E-state index contributed by atoms with van der Waals surface area (Å²) in [6, 6.07) is -0.0199. The number of halogens is 1. The Bertz CT molecular complexity index is 517. The van der Waals surface area contributed by atoms with Crippen LogP contribution in [0.5, 0.6) is 5.88 Å². The van der Waals surface area contributed by atoms with Crippen LogP contribution in [0.15, 0.2) is 6.20 Å². The second kappa shape index (κ2) is 8.00. The zero-order chi connectivity index (χ0) is 15.9. The van der Waals surface area contributed by atoms with Gasteiger partial charge < -0.3 is 24.8 Å². The van der Waals surface area contributed by atoms with Gasteiger partial charge in [-0.1, -0.05) is 11.6 Å². The van der Waals surface area contributed by atoms with Crippen molar-refractivity contribution < 1.29 is 19.4 Å². The van der Waals surface area contributed by atoms with Gasteiger partial charge in [0.05, 0.1) is 12.8 Å². The average molecular weight is 331 g/mol. The first-order valence-corrected chi connectivity index (χ1v) is 7.45. The van der Waals surface area contributed by atoms with Crippen molar-refractivity contribution in [3.63, 3.8) is 0 Å². The molecule has 22 heavy (non-hydrogen) atoms. The van der Waals surface area contributed by atoms with Crippen molar-refractivity contribution in [1.29, 1.82) is 0 Å². The Labute approximate surface area is 133 Å². The largest absolute Gasteiger partial charge is 0.474 e. The summed E-state index contributed by atoms with van der Waals surface area (Å²) in [5, 5.41) is 12.4. The summed E-state index contributed by atoms with van der Waals surface area (Å²) in [7, 11) is 0. The monoisotopic (exact) mass is 330 g/mol. The van der Waals surface area contributed by atoms with Crippen molar-refractivity contribution in [1.82, 2.24) is 14.9 Å². The third-order valence-electron chi connectivity index (χ3n) is 3.17. The molecular formula is C13H19ClN4O4. The number of aromatic nitrogens is 2. The van der Waals surface area contributed by atoms with Gasteiger partial charge in [0.15, 0.2) is 0 Å². The minimum atomic E-state index is -0.915. The highest BCUT2D eigenvalue weighted by molar-refractivity contribution is 6.31. The molecule has 2 rings (SSSR count). The minimum absolute atomic E-state index is 0.0199. The molecule has 9 heteroatoms. The van der Waals surface area contributed by atoms with Crippen molar-refractivity contribution in [3.05, 3.63) is 11.2 Å². The first kappa shape index (κ1) is 16.6. The fraction of sp³-hybridized carbons (Fsp3) is 0.615. The third kappa shape index (κ3) is 4.60. The van der Waals surface area contributed by atoms with Gasteiger partial charge in [0, 0.05) is 25.7 Å². The molecule has 0 spiro atoms. The van der Waals surface area contributed by atoms with E-state index in [1.807, 2.05) is 6.92 Å². The standard InChI is InChI=1S/C13H19ClN4O4/c1-2-21-5-6-22-11-10(14)7-15-12(17-11)16-9-3-4-18(8-9)13(19)20/h7,9H,2-6,8H2,1H3,(H,19,20)(H,15,16,17)/t9-/m1/s1. The lowest BCUT2D eigenvalue weighted by Gasteiger charge is -2.14. The smallest absolute Gasteiger partial charge is 0.407 e. The molecule has 1 aliphatic heterocycles. The van der Waals surface area contributed by atoms with Gasteiger partial charge in [-0.3, -0.25) is 0 Å². The quantitative estimate of drug-likeness (QED) is 0.734. The Balaban J connectivity index is 1.90. The number of rotatable bonds is 7. The van der Waals surface area contributed by atoms with Crippen LogP contribution in [0.2, 0.25) is 5.02 Å². The zero-order valence-electron chi connectivity index (χ0n) is 12.3. The maximum Gasteiger partial charge on any atom is 0.407 e. The number of hydrogen-bond acceptors (Lipinski definition) is 6. The van der Waals surface area contributed by atoms with Crippen LogP contribution >= 0.6 is 11.6 Å². The molecule has 1 fully saturated rings. The summed E-state index contributed by atoms with van der Waals surface area (Å²) < 4.78 is 10.6. The fourth-order valence-corrected chi connectivity index (χ4v) is 2.24. The molecular weight excluding hydrogens is 312 g/mol. The number of nitrogens with zero attached hydrogens (tertiary/aromatic N) is 3. The van der Waals surface area contributed by atoms with E-state index in [9.17, 15) is 4.79 Å². The molecule has 1 saturated heterocycles. The van der Waals surface area contributed by atoms with Crippen LogP contribution in [0.4, 0.5) is 10.7 Å². The number of anilines is 1. The molecule has 1 aromatic rings. The van der Waals surface area contributed by atoms with Gasteiger partial charge in [-0.2, -0.15) is 4.98 Å². The molecule has 1 atom stereocenters. The van der Waals surface area contributed by atoms with Crippen LogP contribution in [0.25, 0.3) is 0 Å². The molecule has 0 saturated carbocycles. The minimum Gasteiger partial charge on any atom is -0.474 e. The molecule has 1 amide bonds. The number of likely N-dealkylation sites (tertiary alicyclic amines) is 1. The number of carboxylic acid groups (broad SMARTS) is 1. The number of carbonyl (C=O) groups is 1. The molecule has 0 aromatic carbocycles. The highest BCUT2D eigenvalue weighted by atomic mass is 35.5. The summed E-state index contributed by atoms with van der Waals surface area (Å²) in [5.41, 5.74) is 0. The Morgan fingerprint density at radius 3 is 3.09 bits per heavy atom. The fourth-order valence-electron chi connectivity index (χ4n) is 2.10. The van der Waals surface area contributed by atoms with Crippen LogP contribution in [0.1, 0.15) is 13.3 Å². The number of ether oxygens (including phenoxy) is 2. The van der Waals surface area contributed by atoms with E-state index in [0.29, 0.717) is 50.3 Å². The molecule has 0 aliphatic carbocycles. The third-order valence-corrected chi connectivity index (χ3v) is 3.43. The molecule has 1 aromatic heterocycles. The Morgan fingerprint density at radius 2 is 2.41 bits per heavy atom. The molecule has 8 nitrogen and oxygen atoms in total. The Morgan fingerprint density at radius 1 is 1.59 bits per heavy atom. The summed E-state index contributed by atoms with van der Waals surface area (Å²) in [4.78, 5) is 20.5. The number of amides is 1. The van der Waals surface area contributed by atoms with Crippen molar-refractivity contribution in [2.24, 2.45) is 0 Å². The first-order chi connectivity index (χ1) is 10.6. The Kier molecular flexibility index (Phi) is 6.02. The number of nitrogens with one attached hydrogen (secondary N) is 1. The predicted octanol–water partition coefficient (Wildman–Crippen LogP) is 1.71. The van der Waals surface area contributed by atoms with E-state index < -0.39 is 6.09 Å². The van der Waals surface area contributed by atoms with E-state index in [1.54, 1.807) is 0 Å². The molecule has 122 valence electrons. The molecule has 0 unspecified atom stereocenters. The van der Waals surface area contributed by atoms with Crippen LogP contribution in [-0.4, -0.2) is 65.0 Å². The van der Waals surface area contributed by atoms with E-state index in [2.05, 4.69) is 15.3 Å². The second-order valence-electron chi connectivity index (χ2n) is 4.75. The van der Waals surface area contributed by atoms with Crippen molar-refractivity contribution in [3.8, 4) is 5.88 Å². The van der Waals surface area contributed by atoms with E-state index in [-0.39, 0.29) is 11.9 Å². The molecule has 0 radical (unpaired) electrons. The molecule has 2 heterocycles. The van der Waals surface area contributed by atoms with Gasteiger partial charge in [0.2, 0.25) is 11.8 Å². The van der Waals surface area contributed by atoms with Crippen molar-refractivity contribution >= 4 is 23.6 Å². The topological polar surface area (TPSA) is 96.8 Å². The maximum atomic E-state index is 10.9. The average Bonchev–Trinajstić information content (AvgIpc) is 2.95. The number of hydrogen-bond donors (Lipinski definition) is 2. The summed E-state index contributed by atoms with van der Waals surface area (Å²) >= 11 is 5.99. The molecule has 1 aliphatic rings.